The van der Waals surface area contributed by atoms with Crippen molar-refractivity contribution in [3.8, 4) is 0 Å². The highest BCUT2D eigenvalue weighted by Crippen LogP contribution is 2.12. The molecule has 1 rings (SSSR count). The number of halogens is 1. The van der Waals surface area contributed by atoms with E-state index in [1.165, 1.54) is 25.3 Å². The molecule has 1 aromatic rings. The highest BCUT2D eigenvalue weighted by Gasteiger charge is 2.22. The van der Waals surface area contributed by atoms with Gasteiger partial charge in [-0.25, -0.2) is 4.39 Å². The van der Waals surface area contributed by atoms with Gasteiger partial charge in [-0.15, -0.1) is 0 Å². The number of carbonyl (C=O) groups excluding carboxylic acids is 1. The quantitative estimate of drug-likeness (QED) is 0.557. The van der Waals surface area contributed by atoms with Gasteiger partial charge in [0.1, 0.15) is 5.82 Å². The van der Waals surface area contributed by atoms with Crippen LogP contribution in [0.25, 0.3) is 0 Å². The molecule has 0 aliphatic carbocycles. The van der Waals surface area contributed by atoms with E-state index in [0.717, 1.165) is 0 Å². The Balaban J connectivity index is 2.84. The number of methoxy groups -OCH3 is 1. The van der Waals surface area contributed by atoms with Crippen molar-refractivity contribution in [3.63, 3.8) is 0 Å². The molecule has 0 amide bonds. The Bertz CT molecular complexity index is 490. The van der Waals surface area contributed by atoms with Crippen molar-refractivity contribution < 1.29 is 23.8 Å². The van der Waals surface area contributed by atoms with Crippen LogP contribution in [0.5, 0.6) is 0 Å². The fourth-order valence-corrected chi connectivity index (χ4v) is 1.77. The third-order valence-corrected chi connectivity index (χ3v) is 2.83. The lowest BCUT2D eigenvalue weighted by molar-refractivity contribution is -0.137. The minimum Gasteiger partial charge on any atom is -0.481 e. The Kier molecular flexibility index (Phi) is 6.27. The smallest absolute Gasteiger partial charge is 0.305 e. The molecule has 0 aliphatic heterocycles. The third-order valence-electron chi connectivity index (χ3n) is 2.83. The van der Waals surface area contributed by atoms with Gasteiger partial charge in [0.2, 0.25) is 0 Å². The number of aryl methyl sites for hydroxylation is 1. The van der Waals surface area contributed by atoms with Crippen LogP contribution >= 0.6 is 0 Å². The van der Waals surface area contributed by atoms with Gasteiger partial charge in [0.25, 0.3) is 0 Å². The van der Waals surface area contributed by atoms with Crippen LogP contribution in [-0.4, -0.2) is 43.2 Å². The summed E-state index contributed by atoms with van der Waals surface area (Å²) in [5, 5.41) is 11.7. The number of ketones is 1. The van der Waals surface area contributed by atoms with Crippen molar-refractivity contribution in [2.24, 2.45) is 0 Å². The molecule has 110 valence electrons. The first kappa shape index (κ1) is 16.3. The van der Waals surface area contributed by atoms with Gasteiger partial charge in [0, 0.05) is 19.2 Å². The molecule has 0 radical (unpaired) electrons. The summed E-state index contributed by atoms with van der Waals surface area (Å²) in [5.41, 5.74) is 0.641. The number of carboxylic acid groups (broad SMARTS) is 1. The van der Waals surface area contributed by atoms with Crippen LogP contribution in [0.15, 0.2) is 18.2 Å². The molecule has 1 aromatic carbocycles. The molecule has 0 fully saturated rings. The van der Waals surface area contributed by atoms with Crippen LogP contribution < -0.4 is 5.32 Å². The zero-order chi connectivity index (χ0) is 15.1. The van der Waals surface area contributed by atoms with Gasteiger partial charge in [-0.1, -0.05) is 0 Å². The van der Waals surface area contributed by atoms with Crippen LogP contribution in [0.2, 0.25) is 0 Å². The molecule has 0 aromatic heterocycles. The first-order valence-corrected chi connectivity index (χ1v) is 6.20. The number of rotatable bonds is 8. The van der Waals surface area contributed by atoms with Crippen LogP contribution in [0.1, 0.15) is 22.3 Å². The van der Waals surface area contributed by atoms with Crippen molar-refractivity contribution in [2.75, 3.05) is 20.3 Å². The topological polar surface area (TPSA) is 75.6 Å². The highest BCUT2D eigenvalue weighted by atomic mass is 19.1. The number of hydrogen-bond donors (Lipinski definition) is 2. The Morgan fingerprint density at radius 3 is 2.70 bits per heavy atom. The Hall–Kier alpha value is -1.79. The van der Waals surface area contributed by atoms with Gasteiger partial charge in [-0.05, 0) is 30.7 Å². The fourth-order valence-electron chi connectivity index (χ4n) is 1.77. The monoisotopic (exact) mass is 283 g/mol. The number of carboxylic acids is 1. The molecule has 0 saturated carbocycles. The maximum atomic E-state index is 13.2. The SMILES string of the molecule is COCCNC(CC(=O)O)C(=O)c1ccc(F)c(C)c1. The first-order chi connectivity index (χ1) is 9.45. The molecule has 1 unspecified atom stereocenters. The summed E-state index contributed by atoms with van der Waals surface area (Å²) in [5.74, 6) is -1.85. The lowest BCUT2D eigenvalue weighted by Gasteiger charge is -2.16. The molecule has 2 N–H and O–H groups in total. The van der Waals surface area contributed by atoms with Gasteiger partial charge < -0.3 is 15.2 Å². The van der Waals surface area contributed by atoms with Gasteiger partial charge in [-0.3, -0.25) is 9.59 Å². The zero-order valence-corrected chi connectivity index (χ0v) is 11.5. The number of Topliss-reactive ketones (excluding diaryl/α,β-unsaturated/α-hetero) is 1. The second-order valence-electron chi connectivity index (χ2n) is 4.43. The van der Waals surface area contributed by atoms with Crippen LogP contribution in [0.3, 0.4) is 0 Å². The molecule has 0 bridgehead atoms. The normalized spacial score (nSPS) is 12.2. The number of aliphatic carboxylic acids is 1. The van der Waals surface area contributed by atoms with Gasteiger partial charge in [-0.2, -0.15) is 0 Å². The maximum Gasteiger partial charge on any atom is 0.305 e. The number of hydrogen-bond acceptors (Lipinski definition) is 4. The summed E-state index contributed by atoms with van der Waals surface area (Å²) >= 11 is 0. The Morgan fingerprint density at radius 2 is 2.15 bits per heavy atom. The van der Waals surface area contributed by atoms with E-state index in [1.54, 1.807) is 6.92 Å². The summed E-state index contributed by atoms with van der Waals surface area (Å²) in [6.07, 6.45) is -0.334. The predicted octanol–water partition coefficient (Wildman–Crippen LogP) is 1.40. The van der Waals surface area contributed by atoms with Crippen molar-refractivity contribution in [2.45, 2.75) is 19.4 Å². The first-order valence-electron chi connectivity index (χ1n) is 6.20. The predicted molar refractivity (Wildman–Crippen MR) is 71.4 cm³/mol. The summed E-state index contributed by atoms with van der Waals surface area (Å²) in [4.78, 5) is 23.1. The molecule has 6 heteroatoms. The van der Waals surface area contributed by atoms with E-state index in [2.05, 4.69) is 5.32 Å². The summed E-state index contributed by atoms with van der Waals surface area (Å²) in [6.45, 7) is 2.28. The average molecular weight is 283 g/mol. The molecular weight excluding hydrogens is 265 g/mol. The number of benzene rings is 1. The lowest BCUT2D eigenvalue weighted by Crippen LogP contribution is -2.40. The molecule has 0 spiro atoms. The molecule has 0 aliphatic rings. The number of nitrogens with one attached hydrogen (secondary N) is 1. The largest absolute Gasteiger partial charge is 0.481 e. The van der Waals surface area contributed by atoms with Gasteiger partial charge in [0.05, 0.1) is 19.1 Å². The van der Waals surface area contributed by atoms with Crippen LogP contribution in [0, 0.1) is 12.7 Å². The standard InChI is InChI=1S/C14H18FNO4/c1-9-7-10(3-4-11(9)15)14(19)12(8-13(17)18)16-5-6-20-2/h3-4,7,12,16H,5-6,8H2,1-2H3,(H,17,18). The van der Waals surface area contributed by atoms with E-state index in [9.17, 15) is 14.0 Å². The van der Waals surface area contributed by atoms with E-state index >= 15 is 0 Å². The second kappa shape index (κ2) is 7.72. The van der Waals surface area contributed by atoms with Crippen molar-refractivity contribution in [3.05, 3.63) is 35.1 Å². The highest BCUT2D eigenvalue weighted by molar-refractivity contribution is 6.01. The molecular formula is C14H18FNO4. The van der Waals surface area contributed by atoms with E-state index in [0.29, 0.717) is 24.3 Å². The summed E-state index contributed by atoms with van der Waals surface area (Å²) in [6, 6.07) is 3.13. The van der Waals surface area contributed by atoms with Crippen molar-refractivity contribution >= 4 is 11.8 Å². The molecule has 1 atom stereocenters. The van der Waals surface area contributed by atoms with E-state index in [1.807, 2.05) is 0 Å². The lowest BCUT2D eigenvalue weighted by atomic mass is 10.00. The Morgan fingerprint density at radius 1 is 1.45 bits per heavy atom. The summed E-state index contributed by atoms with van der Waals surface area (Å²) < 4.78 is 18.0. The molecule has 0 saturated heterocycles. The van der Waals surface area contributed by atoms with Gasteiger partial charge >= 0.3 is 5.97 Å². The van der Waals surface area contributed by atoms with Crippen LogP contribution in [-0.2, 0) is 9.53 Å². The molecule has 5 nitrogen and oxygen atoms in total. The second-order valence-corrected chi connectivity index (χ2v) is 4.43. The number of carbonyl (C=O) groups is 2. The number of ether oxygens (including phenoxy) is 1. The molecule has 20 heavy (non-hydrogen) atoms. The van der Waals surface area contributed by atoms with E-state index in [-0.39, 0.29) is 12.2 Å². The van der Waals surface area contributed by atoms with E-state index < -0.39 is 17.8 Å². The Labute approximate surface area is 116 Å². The average Bonchev–Trinajstić information content (AvgIpc) is 2.40. The zero-order valence-electron chi connectivity index (χ0n) is 11.5. The minimum atomic E-state index is -1.08. The maximum absolute atomic E-state index is 13.2. The fraction of sp³-hybridized carbons (Fsp3) is 0.429. The molecule has 0 heterocycles. The van der Waals surface area contributed by atoms with Crippen molar-refractivity contribution in [1.82, 2.24) is 5.32 Å². The van der Waals surface area contributed by atoms with Crippen LogP contribution in [0.4, 0.5) is 4.39 Å². The summed E-state index contributed by atoms with van der Waals surface area (Å²) in [7, 11) is 1.51. The minimum absolute atomic E-state index is 0.292. The third kappa shape index (κ3) is 4.71. The van der Waals surface area contributed by atoms with Crippen molar-refractivity contribution in [1.29, 1.82) is 0 Å². The van der Waals surface area contributed by atoms with E-state index in [4.69, 9.17) is 9.84 Å². The van der Waals surface area contributed by atoms with Gasteiger partial charge in [0.15, 0.2) is 5.78 Å².